The third-order valence-corrected chi connectivity index (χ3v) is 3.17. The highest BCUT2D eigenvalue weighted by atomic mass is 19.1. The Balaban J connectivity index is 1.92. The van der Waals surface area contributed by atoms with Crippen LogP contribution in [0, 0.1) is 11.6 Å². The van der Waals surface area contributed by atoms with Gasteiger partial charge in [0, 0.05) is 24.7 Å². The quantitative estimate of drug-likeness (QED) is 0.887. The number of hydrogen-bond acceptors (Lipinski definition) is 3. The van der Waals surface area contributed by atoms with Gasteiger partial charge in [0.05, 0.1) is 13.2 Å². The van der Waals surface area contributed by atoms with E-state index in [1.165, 1.54) is 12.1 Å². The number of carbonyl (C=O) groups is 1. The van der Waals surface area contributed by atoms with Crippen LogP contribution < -0.4 is 5.32 Å². The van der Waals surface area contributed by atoms with Crippen LogP contribution in [0.25, 0.3) is 0 Å². The molecule has 0 bridgehead atoms. The van der Waals surface area contributed by atoms with Gasteiger partial charge in [-0.2, -0.15) is 0 Å². The number of benzene rings is 1. The van der Waals surface area contributed by atoms with Gasteiger partial charge in [-0.05, 0) is 13.1 Å². The molecule has 1 saturated heterocycles. The summed E-state index contributed by atoms with van der Waals surface area (Å²) in [6.07, 6.45) is 0. The second kappa shape index (κ2) is 6.08. The standard InChI is InChI=1S/C13H16F2N2O2/c1-17-4-5-19-8-12(17)13(18)16-7-9-2-3-10(14)6-11(9)15/h2-3,6,12H,4-5,7-8H2,1H3,(H,16,18). The second-order valence-corrected chi connectivity index (χ2v) is 4.52. The van der Waals surface area contributed by atoms with Gasteiger partial charge in [0.2, 0.25) is 5.91 Å². The number of hydrogen-bond donors (Lipinski definition) is 1. The number of likely N-dealkylation sites (N-methyl/N-ethyl adjacent to an activating group) is 1. The van der Waals surface area contributed by atoms with Crippen LogP contribution in [0.1, 0.15) is 5.56 Å². The molecule has 1 N–H and O–H groups in total. The van der Waals surface area contributed by atoms with Gasteiger partial charge in [0.1, 0.15) is 17.7 Å². The van der Waals surface area contributed by atoms with Gasteiger partial charge in [0.15, 0.2) is 0 Å². The summed E-state index contributed by atoms with van der Waals surface area (Å²) in [5.74, 6) is -1.51. The first-order valence-corrected chi connectivity index (χ1v) is 6.07. The highest BCUT2D eigenvalue weighted by Crippen LogP contribution is 2.10. The van der Waals surface area contributed by atoms with Gasteiger partial charge >= 0.3 is 0 Å². The Bertz CT molecular complexity index is 468. The van der Waals surface area contributed by atoms with Crippen LogP contribution in [0.5, 0.6) is 0 Å². The highest BCUT2D eigenvalue weighted by molar-refractivity contribution is 5.81. The number of halogens is 2. The summed E-state index contributed by atoms with van der Waals surface area (Å²) in [6, 6.07) is 2.93. The zero-order chi connectivity index (χ0) is 13.8. The van der Waals surface area contributed by atoms with E-state index in [0.717, 1.165) is 6.07 Å². The third-order valence-electron chi connectivity index (χ3n) is 3.17. The van der Waals surface area contributed by atoms with Crippen molar-refractivity contribution in [2.45, 2.75) is 12.6 Å². The molecular formula is C13H16F2N2O2. The summed E-state index contributed by atoms with van der Waals surface area (Å²) >= 11 is 0. The molecule has 1 aliphatic rings. The van der Waals surface area contributed by atoms with Crippen molar-refractivity contribution in [1.29, 1.82) is 0 Å². The van der Waals surface area contributed by atoms with Crippen LogP contribution in [0.3, 0.4) is 0 Å². The van der Waals surface area contributed by atoms with E-state index in [2.05, 4.69) is 5.32 Å². The minimum Gasteiger partial charge on any atom is -0.378 e. The van der Waals surface area contributed by atoms with Crippen molar-refractivity contribution in [1.82, 2.24) is 10.2 Å². The predicted octanol–water partition coefficient (Wildman–Crippen LogP) is 0.912. The Labute approximate surface area is 110 Å². The SMILES string of the molecule is CN1CCOCC1C(=O)NCc1ccc(F)cc1F. The van der Waals surface area contributed by atoms with Gasteiger partial charge in [0.25, 0.3) is 0 Å². The van der Waals surface area contributed by atoms with E-state index in [1.807, 2.05) is 11.9 Å². The molecule has 1 heterocycles. The van der Waals surface area contributed by atoms with Crippen LogP contribution in [-0.4, -0.2) is 43.7 Å². The minimum atomic E-state index is -0.659. The topological polar surface area (TPSA) is 41.6 Å². The van der Waals surface area contributed by atoms with Crippen molar-refractivity contribution in [2.75, 3.05) is 26.8 Å². The maximum absolute atomic E-state index is 13.4. The lowest BCUT2D eigenvalue weighted by Gasteiger charge is -2.31. The molecule has 4 nitrogen and oxygen atoms in total. The molecule has 0 aliphatic carbocycles. The number of nitrogens with zero attached hydrogens (tertiary/aromatic N) is 1. The van der Waals surface area contributed by atoms with Crippen molar-refractivity contribution >= 4 is 5.91 Å². The second-order valence-electron chi connectivity index (χ2n) is 4.52. The molecule has 19 heavy (non-hydrogen) atoms. The summed E-state index contributed by atoms with van der Waals surface area (Å²) in [4.78, 5) is 13.8. The van der Waals surface area contributed by atoms with Crippen molar-refractivity contribution in [2.24, 2.45) is 0 Å². The molecular weight excluding hydrogens is 254 g/mol. The monoisotopic (exact) mass is 270 g/mol. The predicted molar refractivity (Wildman–Crippen MR) is 65.4 cm³/mol. The fourth-order valence-corrected chi connectivity index (χ4v) is 1.93. The molecule has 0 radical (unpaired) electrons. The van der Waals surface area contributed by atoms with Crippen molar-refractivity contribution < 1.29 is 18.3 Å². The molecule has 1 fully saturated rings. The zero-order valence-corrected chi connectivity index (χ0v) is 10.7. The molecule has 2 rings (SSSR count). The number of carbonyl (C=O) groups excluding carboxylic acids is 1. The van der Waals surface area contributed by atoms with Gasteiger partial charge in [-0.25, -0.2) is 8.78 Å². The highest BCUT2D eigenvalue weighted by Gasteiger charge is 2.26. The van der Waals surface area contributed by atoms with Crippen molar-refractivity contribution in [3.63, 3.8) is 0 Å². The molecule has 1 aromatic carbocycles. The third kappa shape index (κ3) is 3.48. The number of nitrogens with one attached hydrogen (secondary N) is 1. The van der Waals surface area contributed by atoms with E-state index in [0.29, 0.717) is 19.8 Å². The maximum atomic E-state index is 13.4. The van der Waals surface area contributed by atoms with Crippen molar-refractivity contribution in [3.8, 4) is 0 Å². The van der Waals surface area contributed by atoms with Crippen LogP contribution in [0.15, 0.2) is 18.2 Å². The van der Waals surface area contributed by atoms with Crippen LogP contribution in [0.2, 0.25) is 0 Å². The zero-order valence-electron chi connectivity index (χ0n) is 10.7. The van der Waals surface area contributed by atoms with E-state index >= 15 is 0 Å². The average Bonchev–Trinajstić information content (AvgIpc) is 2.38. The van der Waals surface area contributed by atoms with E-state index in [-0.39, 0.29) is 24.1 Å². The summed E-state index contributed by atoms with van der Waals surface area (Å²) in [5, 5.41) is 2.64. The smallest absolute Gasteiger partial charge is 0.240 e. The number of amides is 1. The van der Waals surface area contributed by atoms with E-state index in [9.17, 15) is 13.6 Å². The Morgan fingerprint density at radius 2 is 2.32 bits per heavy atom. The lowest BCUT2D eigenvalue weighted by molar-refractivity contribution is -0.131. The number of ether oxygens (including phenoxy) is 1. The number of morpholine rings is 1. The van der Waals surface area contributed by atoms with Crippen LogP contribution in [0.4, 0.5) is 8.78 Å². The van der Waals surface area contributed by atoms with E-state index in [4.69, 9.17) is 4.74 Å². The molecule has 1 amide bonds. The minimum absolute atomic E-state index is 0.0370. The Kier molecular flexibility index (Phi) is 4.44. The Morgan fingerprint density at radius 3 is 3.00 bits per heavy atom. The molecule has 6 heteroatoms. The largest absolute Gasteiger partial charge is 0.378 e. The number of rotatable bonds is 3. The van der Waals surface area contributed by atoms with E-state index in [1.54, 1.807) is 0 Å². The Morgan fingerprint density at radius 1 is 1.53 bits per heavy atom. The molecule has 0 spiro atoms. The summed E-state index contributed by atoms with van der Waals surface area (Å²) in [6.45, 7) is 1.65. The Hall–Kier alpha value is -1.53. The normalized spacial score (nSPS) is 20.3. The lowest BCUT2D eigenvalue weighted by Crippen LogP contribution is -2.51. The fourth-order valence-electron chi connectivity index (χ4n) is 1.93. The van der Waals surface area contributed by atoms with Gasteiger partial charge in [-0.1, -0.05) is 6.07 Å². The molecule has 1 aromatic rings. The van der Waals surface area contributed by atoms with Gasteiger partial charge in [-0.15, -0.1) is 0 Å². The molecule has 1 unspecified atom stereocenters. The van der Waals surface area contributed by atoms with Crippen molar-refractivity contribution in [3.05, 3.63) is 35.4 Å². The molecule has 1 atom stereocenters. The molecule has 1 aliphatic heterocycles. The van der Waals surface area contributed by atoms with Gasteiger partial charge in [-0.3, -0.25) is 9.69 Å². The van der Waals surface area contributed by atoms with E-state index < -0.39 is 11.6 Å². The summed E-state index contributed by atoms with van der Waals surface area (Å²) in [5.41, 5.74) is 0.258. The first kappa shape index (κ1) is 13.9. The fraction of sp³-hybridized carbons (Fsp3) is 0.462. The summed E-state index contributed by atoms with van der Waals surface area (Å²) < 4.78 is 31.4. The van der Waals surface area contributed by atoms with Crippen LogP contribution >= 0.6 is 0 Å². The molecule has 104 valence electrons. The molecule has 0 saturated carbocycles. The van der Waals surface area contributed by atoms with Crippen LogP contribution in [-0.2, 0) is 16.1 Å². The first-order valence-electron chi connectivity index (χ1n) is 6.07. The maximum Gasteiger partial charge on any atom is 0.240 e. The van der Waals surface area contributed by atoms with Gasteiger partial charge < -0.3 is 10.1 Å². The average molecular weight is 270 g/mol. The first-order chi connectivity index (χ1) is 9.08. The summed E-state index contributed by atoms with van der Waals surface area (Å²) in [7, 11) is 1.84. The lowest BCUT2D eigenvalue weighted by atomic mass is 10.2. The molecule has 0 aromatic heterocycles.